The molecule has 0 aliphatic heterocycles. The van der Waals surface area contributed by atoms with Crippen LogP contribution in [0.3, 0.4) is 0 Å². The van der Waals surface area contributed by atoms with Gasteiger partial charge in [-0.05, 0) is 18.2 Å². The molecule has 1 rings (SSSR count). The van der Waals surface area contributed by atoms with Crippen molar-refractivity contribution in [2.24, 2.45) is 0 Å². The minimum absolute atomic E-state index is 0.0390. The Bertz CT molecular complexity index is 279. The molecule has 0 aliphatic rings. The average Bonchev–Trinajstić information content (AvgIpc) is 2.04. The lowest BCUT2D eigenvalue weighted by molar-refractivity contribution is 0.0827. The van der Waals surface area contributed by atoms with Gasteiger partial charge in [0.1, 0.15) is 0 Å². The summed E-state index contributed by atoms with van der Waals surface area (Å²) >= 11 is 5.62. The minimum atomic E-state index is -0.0390. The Kier molecular flexibility index (Phi) is 2.71. The first-order valence-electron chi connectivity index (χ1n) is 3.50. The van der Waals surface area contributed by atoms with Gasteiger partial charge in [0.05, 0.1) is 0 Å². The zero-order chi connectivity index (χ0) is 9.14. The zero-order valence-corrected chi connectivity index (χ0v) is 7.72. The van der Waals surface area contributed by atoms with Gasteiger partial charge < -0.3 is 4.90 Å². The first-order valence-corrected chi connectivity index (χ1v) is 3.88. The molecule has 1 radical (unpaired) electrons. The fourth-order valence-corrected chi connectivity index (χ4v) is 0.915. The van der Waals surface area contributed by atoms with E-state index in [4.69, 9.17) is 11.6 Å². The molecular formula is C9H9ClNO. The molecule has 0 bridgehead atoms. The first-order chi connectivity index (χ1) is 5.61. The van der Waals surface area contributed by atoms with Crippen molar-refractivity contribution in [1.29, 1.82) is 0 Å². The van der Waals surface area contributed by atoms with Crippen LogP contribution in [-0.4, -0.2) is 24.9 Å². The molecule has 0 atom stereocenters. The smallest absolute Gasteiger partial charge is 0.253 e. The van der Waals surface area contributed by atoms with Crippen LogP contribution in [-0.2, 0) is 0 Å². The molecule has 0 aliphatic carbocycles. The van der Waals surface area contributed by atoms with E-state index in [1.165, 1.54) is 4.90 Å². The van der Waals surface area contributed by atoms with Crippen molar-refractivity contribution in [3.05, 3.63) is 34.9 Å². The second-order valence-corrected chi connectivity index (χ2v) is 3.03. The number of carbonyl (C=O) groups is 1. The largest absolute Gasteiger partial charge is 0.345 e. The maximum atomic E-state index is 11.3. The summed E-state index contributed by atoms with van der Waals surface area (Å²) < 4.78 is 0. The Balaban J connectivity index is 2.90. The molecule has 1 amide bonds. The lowest BCUT2D eigenvalue weighted by Gasteiger charge is -2.09. The molecular weight excluding hydrogens is 174 g/mol. The lowest BCUT2D eigenvalue weighted by atomic mass is 10.2. The highest BCUT2D eigenvalue weighted by Crippen LogP contribution is 2.09. The van der Waals surface area contributed by atoms with Gasteiger partial charge >= 0.3 is 0 Å². The molecule has 1 aromatic carbocycles. The molecule has 0 aromatic heterocycles. The van der Waals surface area contributed by atoms with Crippen LogP contribution in [0.2, 0.25) is 5.02 Å². The highest BCUT2D eigenvalue weighted by Gasteiger charge is 2.06. The maximum absolute atomic E-state index is 11.3. The van der Waals surface area contributed by atoms with Gasteiger partial charge in [-0.2, -0.15) is 0 Å². The molecule has 63 valence electrons. The van der Waals surface area contributed by atoms with Gasteiger partial charge in [-0.15, -0.1) is 0 Å². The number of benzene rings is 1. The van der Waals surface area contributed by atoms with E-state index in [0.29, 0.717) is 10.6 Å². The fourth-order valence-electron chi connectivity index (χ4n) is 0.797. The molecule has 3 heteroatoms. The van der Waals surface area contributed by atoms with Crippen LogP contribution in [0, 0.1) is 6.07 Å². The van der Waals surface area contributed by atoms with E-state index in [1.54, 1.807) is 32.3 Å². The normalized spacial score (nSPS) is 9.58. The monoisotopic (exact) mass is 182 g/mol. The number of hydrogen-bond acceptors (Lipinski definition) is 1. The second kappa shape index (κ2) is 3.59. The van der Waals surface area contributed by atoms with Crippen molar-refractivity contribution >= 4 is 17.5 Å². The maximum Gasteiger partial charge on any atom is 0.253 e. The van der Waals surface area contributed by atoms with Gasteiger partial charge in [0.15, 0.2) is 0 Å². The number of rotatable bonds is 1. The summed E-state index contributed by atoms with van der Waals surface area (Å²) in [5.41, 5.74) is 0.601. The third-order valence-corrected chi connectivity index (χ3v) is 1.66. The van der Waals surface area contributed by atoms with Crippen molar-refractivity contribution in [2.75, 3.05) is 14.1 Å². The fraction of sp³-hybridized carbons (Fsp3) is 0.222. The van der Waals surface area contributed by atoms with Crippen LogP contribution in [0.25, 0.3) is 0 Å². The summed E-state index contributed by atoms with van der Waals surface area (Å²) in [5.74, 6) is -0.0390. The van der Waals surface area contributed by atoms with Crippen molar-refractivity contribution < 1.29 is 4.79 Å². The third-order valence-electron chi connectivity index (χ3n) is 1.43. The number of carbonyl (C=O) groups excluding carboxylic acids is 1. The molecule has 0 spiro atoms. The SMILES string of the molecule is CN(C)C(=O)c1c[c]c(Cl)cc1. The molecule has 0 heterocycles. The summed E-state index contributed by atoms with van der Waals surface area (Å²) in [7, 11) is 3.41. The number of halogens is 1. The summed E-state index contributed by atoms with van der Waals surface area (Å²) in [6.45, 7) is 0. The van der Waals surface area contributed by atoms with Crippen molar-refractivity contribution in [3.8, 4) is 0 Å². The van der Waals surface area contributed by atoms with E-state index < -0.39 is 0 Å². The molecule has 0 saturated heterocycles. The summed E-state index contributed by atoms with van der Waals surface area (Å²) in [6.07, 6.45) is 0. The predicted octanol–water partition coefficient (Wildman–Crippen LogP) is 1.84. The van der Waals surface area contributed by atoms with Gasteiger partial charge in [-0.1, -0.05) is 11.6 Å². The Labute approximate surface area is 76.8 Å². The van der Waals surface area contributed by atoms with Crippen molar-refractivity contribution in [3.63, 3.8) is 0 Å². The van der Waals surface area contributed by atoms with Crippen LogP contribution < -0.4 is 0 Å². The first kappa shape index (κ1) is 9.07. The van der Waals surface area contributed by atoms with E-state index in [2.05, 4.69) is 6.07 Å². The Hall–Kier alpha value is -1.02. The van der Waals surface area contributed by atoms with E-state index in [-0.39, 0.29) is 5.91 Å². The van der Waals surface area contributed by atoms with Crippen LogP contribution in [0.5, 0.6) is 0 Å². The summed E-state index contributed by atoms with van der Waals surface area (Å²) in [4.78, 5) is 12.8. The lowest BCUT2D eigenvalue weighted by Crippen LogP contribution is -2.21. The van der Waals surface area contributed by atoms with Gasteiger partial charge in [-0.25, -0.2) is 0 Å². The van der Waals surface area contributed by atoms with E-state index in [9.17, 15) is 4.79 Å². The van der Waals surface area contributed by atoms with Crippen molar-refractivity contribution in [2.45, 2.75) is 0 Å². The van der Waals surface area contributed by atoms with Crippen molar-refractivity contribution in [1.82, 2.24) is 4.90 Å². The highest BCUT2D eigenvalue weighted by molar-refractivity contribution is 6.30. The Morgan fingerprint density at radius 3 is 2.58 bits per heavy atom. The second-order valence-electron chi connectivity index (χ2n) is 2.62. The number of hydrogen-bond donors (Lipinski definition) is 0. The van der Waals surface area contributed by atoms with Gasteiger partial charge in [0.2, 0.25) is 0 Å². The number of amides is 1. The van der Waals surface area contributed by atoms with Crippen LogP contribution >= 0.6 is 11.6 Å². The summed E-state index contributed by atoms with van der Waals surface area (Å²) in [5, 5.41) is 0.519. The topological polar surface area (TPSA) is 20.3 Å². The predicted molar refractivity (Wildman–Crippen MR) is 48.3 cm³/mol. The molecule has 0 N–H and O–H groups in total. The van der Waals surface area contributed by atoms with Gasteiger partial charge in [0, 0.05) is 30.7 Å². The van der Waals surface area contributed by atoms with E-state index in [1.807, 2.05) is 0 Å². The zero-order valence-electron chi connectivity index (χ0n) is 6.97. The molecule has 0 saturated carbocycles. The molecule has 12 heavy (non-hydrogen) atoms. The standard InChI is InChI=1S/C9H9ClNO/c1-11(2)9(12)7-3-5-8(10)6-4-7/h3-5H,1-2H3. The molecule has 0 unspecified atom stereocenters. The number of nitrogens with zero attached hydrogens (tertiary/aromatic N) is 1. The van der Waals surface area contributed by atoms with Crippen LogP contribution in [0.1, 0.15) is 10.4 Å². The molecule has 1 aromatic rings. The van der Waals surface area contributed by atoms with E-state index in [0.717, 1.165) is 0 Å². The molecule has 0 fully saturated rings. The third kappa shape index (κ3) is 1.98. The van der Waals surface area contributed by atoms with Gasteiger partial charge in [-0.3, -0.25) is 4.79 Å². The highest BCUT2D eigenvalue weighted by atomic mass is 35.5. The molecule has 2 nitrogen and oxygen atoms in total. The van der Waals surface area contributed by atoms with E-state index >= 15 is 0 Å². The van der Waals surface area contributed by atoms with Crippen LogP contribution in [0.15, 0.2) is 18.2 Å². The summed E-state index contributed by atoms with van der Waals surface area (Å²) in [6, 6.07) is 7.67. The quantitative estimate of drug-likeness (QED) is 0.649. The Morgan fingerprint density at radius 1 is 1.50 bits per heavy atom. The average molecular weight is 183 g/mol. The Morgan fingerprint density at radius 2 is 2.17 bits per heavy atom. The minimum Gasteiger partial charge on any atom is -0.345 e. The van der Waals surface area contributed by atoms with Gasteiger partial charge in [0.25, 0.3) is 5.91 Å². The van der Waals surface area contributed by atoms with Crippen LogP contribution in [0.4, 0.5) is 0 Å².